The van der Waals surface area contributed by atoms with E-state index >= 15 is 0 Å². The lowest BCUT2D eigenvalue weighted by atomic mass is 9.44. The quantitative estimate of drug-likeness (QED) is 0.317. The van der Waals surface area contributed by atoms with Gasteiger partial charge in [-0.25, -0.2) is 8.37 Å². The Hall–Kier alpha value is -0.340. The molecule has 9 atom stereocenters. The number of hydrogen-bond acceptors (Lipinski definition) is 8. The van der Waals surface area contributed by atoms with Crippen LogP contribution in [0, 0.1) is 40.4 Å². The van der Waals surface area contributed by atoms with E-state index in [4.69, 9.17) is 13.3 Å². The van der Waals surface area contributed by atoms with E-state index < -0.39 is 38.3 Å². The predicted octanol–water partition coefficient (Wildman–Crippen LogP) is 2.68. The summed E-state index contributed by atoms with van der Waals surface area (Å²) in [6, 6.07) is 0. The maximum Gasteiger partial charge on any atom is 0.400 e. The molecule has 33 heavy (non-hydrogen) atoms. The molecule has 192 valence electrons. The number of aliphatic hydroxyl groups is 2. The molecule has 4 aliphatic rings. The molecule has 0 amide bonds. The van der Waals surface area contributed by atoms with Gasteiger partial charge < -0.3 is 10.2 Å². The summed E-state index contributed by atoms with van der Waals surface area (Å²) in [6.07, 6.45) is 5.53. The Balaban J connectivity index is 1.55. The van der Waals surface area contributed by atoms with Crippen molar-refractivity contribution in [2.45, 2.75) is 90.1 Å². The molecule has 0 bridgehead atoms. The van der Waals surface area contributed by atoms with Crippen molar-refractivity contribution >= 4 is 20.8 Å². The van der Waals surface area contributed by atoms with E-state index in [0.717, 1.165) is 32.1 Å². The molecule has 4 N–H and O–H groups in total. The topological polar surface area (TPSA) is 168 Å². The molecule has 2 unspecified atom stereocenters. The third-order valence-corrected chi connectivity index (χ3v) is 10.9. The van der Waals surface area contributed by atoms with Gasteiger partial charge in [-0.1, -0.05) is 13.8 Å². The molecule has 0 aromatic rings. The van der Waals surface area contributed by atoms with Gasteiger partial charge in [0.1, 0.15) is 0 Å². The highest BCUT2D eigenvalue weighted by Crippen LogP contribution is 2.69. The van der Waals surface area contributed by atoms with Crippen LogP contribution in [0.25, 0.3) is 0 Å². The SMILES string of the molecule is CC(O)(OS(=O)(=O)O)[C@H]1CC[C@H]2[C@@H]3CC[C@H]4CC(O)(OS(=O)(=O)O)CC[C@]4(C)[C@H]3CC[C@]12C. The Bertz CT molecular complexity index is 995. The molecule has 4 saturated carbocycles. The summed E-state index contributed by atoms with van der Waals surface area (Å²) in [4.78, 5) is 0. The second kappa shape index (κ2) is 7.83. The van der Waals surface area contributed by atoms with Gasteiger partial charge in [0.2, 0.25) is 0 Å². The summed E-state index contributed by atoms with van der Waals surface area (Å²) in [5, 5.41) is 21.6. The highest BCUT2D eigenvalue weighted by atomic mass is 32.3. The van der Waals surface area contributed by atoms with Crippen LogP contribution in [0.2, 0.25) is 0 Å². The number of rotatable bonds is 5. The average Bonchev–Trinajstić information content (AvgIpc) is 2.97. The van der Waals surface area contributed by atoms with E-state index in [0.29, 0.717) is 24.7 Å². The van der Waals surface area contributed by atoms with Gasteiger partial charge in [0, 0.05) is 18.8 Å². The van der Waals surface area contributed by atoms with Crippen LogP contribution in [-0.4, -0.2) is 47.7 Å². The molecule has 0 saturated heterocycles. The van der Waals surface area contributed by atoms with Crippen molar-refractivity contribution in [3.63, 3.8) is 0 Å². The zero-order valence-electron chi connectivity index (χ0n) is 19.3. The molecule has 0 radical (unpaired) electrons. The van der Waals surface area contributed by atoms with Crippen molar-refractivity contribution < 1.29 is 44.5 Å². The highest BCUT2D eigenvalue weighted by Gasteiger charge is 2.64. The van der Waals surface area contributed by atoms with Crippen LogP contribution in [-0.2, 0) is 29.2 Å². The molecule has 0 spiro atoms. The lowest BCUT2D eigenvalue weighted by Gasteiger charge is -2.62. The summed E-state index contributed by atoms with van der Waals surface area (Å²) >= 11 is 0. The van der Waals surface area contributed by atoms with Crippen LogP contribution in [0.4, 0.5) is 0 Å². The van der Waals surface area contributed by atoms with Gasteiger partial charge in [-0.2, -0.15) is 16.8 Å². The van der Waals surface area contributed by atoms with Crippen LogP contribution in [0.5, 0.6) is 0 Å². The predicted molar refractivity (Wildman–Crippen MR) is 116 cm³/mol. The van der Waals surface area contributed by atoms with E-state index in [1.165, 1.54) is 6.92 Å². The van der Waals surface area contributed by atoms with Crippen molar-refractivity contribution in [3.05, 3.63) is 0 Å². The van der Waals surface area contributed by atoms with Crippen molar-refractivity contribution in [2.75, 3.05) is 0 Å². The third-order valence-electron chi connectivity index (χ3n) is 9.87. The fourth-order valence-corrected chi connectivity index (χ4v) is 9.72. The van der Waals surface area contributed by atoms with Gasteiger partial charge in [-0.15, -0.1) is 0 Å². The normalized spacial score (nSPS) is 47.8. The van der Waals surface area contributed by atoms with Gasteiger partial charge >= 0.3 is 20.8 Å². The van der Waals surface area contributed by atoms with Crippen LogP contribution >= 0.6 is 0 Å². The first kappa shape index (κ1) is 25.7. The van der Waals surface area contributed by atoms with Gasteiger partial charge in [0.25, 0.3) is 0 Å². The maximum atomic E-state index is 11.3. The number of fused-ring (bicyclic) bond motifs is 5. The van der Waals surface area contributed by atoms with E-state index in [2.05, 4.69) is 18.0 Å². The molecule has 12 heteroatoms. The summed E-state index contributed by atoms with van der Waals surface area (Å²) in [6.45, 7) is 5.59. The fraction of sp³-hybridized carbons (Fsp3) is 1.00. The molecule has 4 aliphatic carbocycles. The second-order valence-corrected chi connectivity index (χ2v) is 13.6. The Morgan fingerprint density at radius 2 is 1.48 bits per heavy atom. The molecular formula is C21H36O10S2. The molecule has 10 nitrogen and oxygen atoms in total. The summed E-state index contributed by atoms with van der Waals surface area (Å²) in [7, 11) is -9.57. The van der Waals surface area contributed by atoms with Crippen molar-refractivity contribution in [1.82, 2.24) is 0 Å². The zero-order valence-corrected chi connectivity index (χ0v) is 20.9. The Kier molecular flexibility index (Phi) is 6.11. The molecule has 0 heterocycles. The lowest BCUT2D eigenvalue weighted by Crippen LogP contribution is -2.57. The van der Waals surface area contributed by atoms with Crippen LogP contribution < -0.4 is 0 Å². The van der Waals surface area contributed by atoms with Crippen molar-refractivity contribution in [3.8, 4) is 0 Å². The Labute approximate surface area is 196 Å². The number of hydrogen-bond donors (Lipinski definition) is 4. The third kappa shape index (κ3) is 4.62. The smallest absolute Gasteiger partial charge is 0.364 e. The highest BCUT2D eigenvalue weighted by molar-refractivity contribution is 7.81. The van der Waals surface area contributed by atoms with Gasteiger partial charge in [0.05, 0.1) is 0 Å². The average molecular weight is 513 g/mol. The summed E-state index contributed by atoms with van der Waals surface area (Å²) in [5.74, 6) is -3.33. The minimum Gasteiger partial charge on any atom is -0.364 e. The van der Waals surface area contributed by atoms with Gasteiger partial charge in [0.15, 0.2) is 11.6 Å². The lowest BCUT2D eigenvalue weighted by molar-refractivity contribution is -0.229. The Morgan fingerprint density at radius 3 is 2.09 bits per heavy atom. The van der Waals surface area contributed by atoms with Crippen LogP contribution in [0.15, 0.2) is 0 Å². The molecule has 4 rings (SSSR count). The molecule has 0 aromatic carbocycles. The minimum absolute atomic E-state index is 0.0479. The maximum absolute atomic E-state index is 11.3. The molecular weight excluding hydrogens is 476 g/mol. The molecule has 4 fully saturated rings. The fourth-order valence-electron chi connectivity index (χ4n) is 8.63. The van der Waals surface area contributed by atoms with Gasteiger partial charge in [-0.3, -0.25) is 9.11 Å². The first-order chi connectivity index (χ1) is 14.9. The van der Waals surface area contributed by atoms with E-state index in [-0.39, 0.29) is 35.5 Å². The van der Waals surface area contributed by atoms with Crippen LogP contribution in [0.3, 0.4) is 0 Å². The van der Waals surface area contributed by atoms with E-state index in [9.17, 15) is 27.0 Å². The largest absolute Gasteiger partial charge is 0.400 e. The van der Waals surface area contributed by atoms with Crippen molar-refractivity contribution in [1.29, 1.82) is 0 Å². The van der Waals surface area contributed by atoms with Crippen LogP contribution in [0.1, 0.15) is 78.6 Å². The molecule has 0 aromatic heterocycles. The zero-order chi connectivity index (χ0) is 24.7. The summed E-state index contributed by atoms with van der Waals surface area (Å²) < 4.78 is 72.7. The standard InChI is InChI=1S/C21H36O10S2/c1-18-10-11-21(23,31-33(27,28)29)12-13(18)4-5-14-15-6-7-17(19(15,2)9-8-16(14)18)20(3,22)30-32(24,25)26/h13-17,22-23H,4-12H2,1-3H3,(H,24,25,26)(H,27,28,29)/t13-,14-,15-,16-,17-,18-,19-,20?,21?/m0/s1. The molecule has 0 aliphatic heterocycles. The first-order valence-electron chi connectivity index (χ1n) is 11.7. The monoisotopic (exact) mass is 512 g/mol. The van der Waals surface area contributed by atoms with Gasteiger partial charge in [-0.05, 0) is 86.4 Å². The van der Waals surface area contributed by atoms with Crippen molar-refractivity contribution in [2.24, 2.45) is 40.4 Å². The Morgan fingerprint density at radius 1 is 0.848 bits per heavy atom. The second-order valence-electron chi connectivity index (χ2n) is 11.6. The first-order valence-corrected chi connectivity index (χ1v) is 14.4. The summed E-state index contributed by atoms with van der Waals surface area (Å²) in [5.41, 5.74) is -0.466. The van der Waals surface area contributed by atoms with E-state index in [1.54, 1.807) is 0 Å². The minimum atomic E-state index is -4.80. The van der Waals surface area contributed by atoms with E-state index in [1.807, 2.05) is 0 Å².